The summed E-state index contributed by atoms with van der Waals surface area (Å²) in [5.41, 5.74) is 4.18. The van der Waals surface area contributed by atoms with Gasteiger partial charge in [0.05, 0.1) is 16.3 Å². The second-order valence-corrected chi connectivity index (χ2v) is 16.5. The molecule has 2 nitrogen and oxygen atoms in total. The Labute approximate surface area is 220 Å². The lowest BCUT2D eigenvalue weighted by atomic mass is 9.92. The van der Waals surface area contributed by atoms with Crippen molar-refractivity contribution < 1.29 is 9.05 Å². The Balaban J connectivity index is 2.05. The van der Waals surface area contributed by atoms with Gasteiger partial charge in [-0.3, -0.25) is 0 Å². The van der Waals surface area contributed by atoms with Gasteiger partial charge in [-0.15, -0.1) is 0 Å². The van der Waals surface area contributed by atoms with Crippen LogP contribution >= 0.6 is 16.3 Å². The van der Waals surface area contributed by atoms with Gasteiger partial charge in [0.2, 0.25) is 0 Å². The zero-order valence-electron chi connectivity index (χ0n) is 22.9. The summed E-state index contributed by atoms with van der Waals surface area (Å²) in [5.74, 6) is 1.92. The van der Waals surface area contributed by atoms with Gasteiger partial charge < -0.3 is 9.05 Å². The van der Waals surface area contributed by atoms with Gasteiger partial charge in [-0.1, -0.05) is 116 Å². The summed E-state index contributed by atoms with van der Waals surface area (Å²) in [4.78, 5) is 0. The van der Waals surface area contributed by atoms with Crippen LogP contribution in [0, 0.1) is 0 Å². The maximum atomic E-state index is 6.95. The van der Waals surface area contributed by atoms with Gasteiger partial charge in [-0.25, -0.2) is 0 Å². The van der Waals surface area contributed by atoms with E-state index in [2.05, 4.69) is 128 Å². The first kappa shape index (κ1) is 26.9. The van der Waals surface area contributed by atoms with Crippen LogP contribution in [0.25, 0.3) is 32.7 Å². The molecule has 0 heterocycles. The minimum atomic E-state index is -0.644. The Bertz CT molecular complexity index is 1210. The summed E-state index contributed by atoms with van der Waals surface area (Å²) >= 11 is 0. The second-order valence-electron chi connectivity index (χ2n) is 10.6. The molecular weight excluding hydrogens is 478 g/mol. The quantitative estimate of drug-likeness (QED) is 0.205. The molecule has 0 aliphatic heterocycles. The molecule has 0 bridgehead atoms. The van der Waals surface area contributed by atoms with Crippen molar-refractivity contribution in [3.63, 3.8) is 0 Å². The normalized spacial score (nSPS) is 12.3. The number of hydrogen-bond acceptors (Lipinski definition) is 2. The molecule has 4 aromatic rings. The van der Waals surface area contributed by atoms with Crippen molar-refractivity contribution in [3.8, 4) is 22.6 Å². The predicted molar refractivity (Wildman–Crippen MR) is 163 cm³/mol. The van der Waals surface area contributed by atoms with Crippen molar-refractivity contribution in [2.45, 2.75) is 78.0 Å². The summed E-state index contributed by atoms with van der Waals surface area (Å²) in [7, 11) is -1.29. The Morgan fingerprint density at radius 1 is 0.444 bits per heavy atom. The molecule has 0 unspecified atom stereocenters. The molecule has 4 rings (SSSR count). The van der Waals surface area contributed by atoms with Crippen molar-refractivity contribution >= 4 is 37.8 Å². The molecule has 0 fully saturated rings. The highest BCUT2D eigenvalue weighted by atomic mass is 31.1. The van der Waals surface area contributed by atoms with Gasteiger partial charge >= 0.3 is 0 Å². The van der Waals surface area contributed by atoms with E-state index in [9.17, 15) is 0 Å². The Kier molecular flexibility index (Phi) is 8.59. The van der Waals surface area contributed by atoms with E-state index in [-0.39, 0.29) is 0 Å². The van der Waals surface area contributed by atoms with Crippen LogP contribution in [0.5, 0.6) is 11.5 Å². The third-order valence-electron chi connectivity index (χ3n) is 6.47. The molecule has 0 spiro atoms. The minimum absolute atomic E-state index is 0.470. The van der Waals surface area contributed by atoms with Gasteiger partial charge in [0.15, 0.2) is 0 Å². The van der Waals surface area contributed by atoms with Gasteiger partial charge in [-0.2, -0.15) is 0 Å². The van der Waals surface area contributed by atoms with Gasteiger partial charge in [-0.05, 0) is 33.7 Å². The lowest BCUT2D eigenvalue weighted by Crippen LogP contribution is -2.10. The van der Waals surface area contributed by atoms with Crippen LogP contribution in [0.1, 0.15) is 55.4 Å². The molecule has 190 valence electrons. The van der Waals surface area contributed by atoms with Crippen molar-refractivity contribution in [2.24, 2.45) is 0 Å². The fraction of sp³-hybridized carbons (Fsp3) is 0.375. The smallest absolute Gasteiger partial charge is 0.131 e. The van der Waals surface area contributed by atoms with Gasteiger partial charge in [0.25, 0.3) is 0 Å². The average molecular weight is 519 g/mol. The van der Waals surface area contributed by atoms with Crippen LogP contribution in [-0.2, 0) is 0 Å². The molecule has 0 N–H and O–H groups in total. The summed E-state index contributed by atoms with van der Waals surface area (Å²) in [6.07, 6.45) is 0. The summed E-state index contributed by atoms with van der Waals surface area (Å²) in [6, 6.07) is 26.1. The highest BCUT2D eigenvalue weighted by Gasteiger charge is 2.27. The Morgan fingerprint density at radius 3 is 1.11 bits per heavy atom. The Hall–Kier alpha value is -2.14. The largest absolute Gasteiger partial charge is 0.473 e. The van der Waals surface area contributed by atoms with Gasteiger partial charge in [0, 0.05) is 33.8 Å². The lowest BCUT2D eigenvalue weighted by molar-refractivity contribution is 0.588. The van der Waals surface area contributed by atoms with E-state index < -0.39 is 16.3 Å². The fourth-order valence-electron chi connectivity index (χ4n) is 5.01. The zero-order chi connectivity index (χ0) is 26.0. The van der Waals surface area contributed by atoms with Crippen LogP contribution in [0.15, 0.2) is 72.8 Å². The molecule has 0 aliphatic carbocycles. The molecule has 0 saturated heterocycles. The molecule has 4 heteroatoms. The third kappa shape index (κ3) is 5.56. The molecule has 0 atom stereocenters. The lowest BCUT2D eigenvalue weighted by Gasteiger charge is -2.29. The van der Waals surface area contributed by atoms with Crippen molar-refractivity contribution in [2.75, 3.05) is 0 Å². The average Bonchev–Trinajstić information content (AvgIpc) is 2.84. The number of fused-ring (bicyclic) bond motifs is 2. The molecule has 36 heavy (non-hydrogen) atoms. The highest BCUT2D eigenvalue weighted by Crippen LogP contribution is 2.55. The monoisotopic (exact) mass is 518 g/mol. The number of rotatable bonds is 9. The topological polar surface area (TPSA) is 18.5 Å². The zero-order valence-corrected chi connectivity index (χ0v) is 24.7. The fourth-order valence-corrected chi connectivity index (χ4v) is 9.00. The SMILES string of the molecule is CC(C)P(Oc1ccc2ccccc2c1-c1c(OP(C(C)C)C(C)C)ccc2ccccc12)C(C)C. The maximum Gasteiger partial charge on any atom is 0.131 e. The standard InChI is InChI=1S/C32H40O2P2/c1-21(2)35(22(3)4)33-29-19-17-25-13-9-11-15-27(25)31(29)32-28-16-12-10-14-26(28)18-20-30(32)34-36(23(5)6)24(7)8/h9-24H,1-8H3. The van der Waals surface area contributed by atoms with E-state index in [4.69, 9.17) is 9.05 Å². The van der Waals surface area contributed by atoms with Crippen LogP contribution in [0.3, 0.4) is 0 Å². The molecule has 0 radical (unpaired) electrons. The first-order valence-corrected chi connectivity index (χ1v) is 15.9. The van der Waals surface area contributed by atoms with Crippen LogP contribution in [-0.4, -0.2) is 22.6 Å². The van der Waals surface area contributed by atoms with Crippen LogP contribution < -0.4 is 9.05 Å². The summed E-state index contributed by atoms with van der Waals surface area (Å²) in [6.45, 7) is 18.2. The third-order valence-corrected chi connectivity index (χ3v) is 11.4. The highest BCUT2D eigenvalue weighted by molar-refractivity contribution is 7.54. The predicted octanol–water partition coefficient (Wildman–Crippen LogP) is 10.8. The summed E-state index contributed by atoms with van der Waals surface area (Å²) < 4.78 is 13.9. The molecular formula is C32H40O2P2. The minimum Gasteiger partial charge on any atom is -0.473 e. The van der Waals surface area contributed by atoms with Crippen molar-refractivity contribution in [1.82, 2.24) is 0 Å². The van der Waals surface area contributed by atoms with Gasteiger partial charge in [0.1, 0.15) is 11.5 Å². The van der Waals surface area contributed by atoms with E-state index >= 15 is 0 Å². The van der Waals surface area contributed by atoms with E-state index in [1.165, 1.54) is 21.5 Å². The first-order chi connectivity index (χ1) is 17.2. The van der Waals surface area contributed by atoms with E-state index in [1.54, 1.807) is 0 Å². The second kappa shape index (κ2) is 11.5. The first-order valence-electron chi connectivity index (χ1n) is 13.2. The molecule has 4 aromatic carbocycles. The van der Waals surface area contributed by atoms with E-state index in [0.717, 1.165) is 22.6 Å². The maximum absolute atomic E-state index is 6.95. The van der Waals surface area contributed by atoms with Crippen LogP contribution in [0.2, 0.25) is 0 Å². The van der Waals surface area contributed by atoms with Crippen molar-refractivity contribution in [3.05, 3.63) is 72.8 Å². The van der Waals surface area contributed by atoms with Crippen LogP contribution in [0.4, 0.5) is 0 Å². The number of benzene rings is 4. The van der Waals surface area contributed by atoms with E-state index in [0.29, 0.717) is 22.6 Å². The molecule has 0 aromatic heterocycles. The van der Waals surface area contributed by atoms with E-state index in [1.807, 2.05) is 0 Å². The summed E-state index contributed by atoms with van der Waals surface area (Å²) in [5, 5.41) is 4.84. The molecule has 0 aliphatic rings. The molecule has 0 saturated carbocycles. The molecule has 0 amide bonds. The number of hydrogen-bond donors (Lipinski definition) is 0. The van der Waals surface area contributed by atoms with Crippen molar-refractivity contribution in [1.29, 1.82) is 0 Å². The Morgan fingerprint density at radius 2 is 0.778 bits per heavy atom.